The Hall–Kier alpha value is -2.29. The van der Waals surface area contributed by atoms with E-state index >= 15 is 0 Å². The molecule has 1 aliphatic heterocycles. The van der Waals surface area contributed by atoms with Crippen LogP contribution >= 0.6 is 23.2 Å². The number of hydroxylamine groups is 1. The second-order valence-corrected chi connectivity index (χ2v) is 6.71. The zero-order chi connectivity index (χ0) is 20.7. The van der Waals surface area contributed by atoms with Crippen molar-refractivity contribution in [3.8, 4) is 0 Å². The summed E-state index contributed by atoms with van der Waals surface area (Å²) in [7, 11) is 1.08. The number of hydrogen-bond acceptors (Lipinski definition) is 4. The van der Waals surface area contributed by atoms with Crippen molar-refractivity contribution in [2.45, 2.75) is 11.8 Å². The number of alkyl halides is 3. The van der Waals surface area contributed by atoms with E-state index in [-0.39, 0.29) is 32.4 Å². The maximum atomic E-state index is 14.1. The van der Waals surface area contributed by atoms with Gasteiger partial charge in [-0.15, -0.1) is 0 Å². The smallest absolute Gasteiger partial charge is 0.428 e. The molecule has 148 valence electrons. The average Bonchev–Trinajstić information content (AvgIpc) is 3.07. The summed E-state index contributed by atoms with van der Waals surface area (Å²) in [5.41, 5.74) is -1.55. The molecule has 2 aromatic carbocycles. The van der Waals surface area contributed by atoms with Crippen molar-refractivity contribution in [2.75, 3.05) is 7.11 Å². The fraction of sp³-hybridized carbons (Fsp3) is 0.167. The van der Waals surface area contributed by atoms with Gasteiger partial charge in [0.2, 0.25) is 5.60 Å². The van der Waals surface area contributed by atoms with Crippen molar-refractivity contribution in [1.29, 1.82) is 0 Å². The minimum atomic E-state index is -4.89. The van der Waals surface area contributed by atoms with Crippen LogP contribution in [0.25, 0.3) is 5.70 Å². The molecule has 0 spiro atoms. The molecule has 0 aliphatic carbocycles. The van der Waals surface area contributed by atoms with Crippen molar-refractivity contribution in [1.82, 2.24) is 5.48 Å². The molecule has 3 rings (SSSR count). The second-order valence-electron chi connectivity index (χ2n) is 5.84. The lowest BCUT2D eigenvalue weighted by Gasteiger charge is -2.28. The molecule has 0 fully saturated rings. The number of nitrogens with one attached hydrogen (secondary N) is 1. The van der Waals surface area contributed by atoms with E-state index in [0.29, 0.717) is 0 Å². The molecule has 1 atom stereocenters. The van der Waals surface area contributed by atoms with E-state index in [1.54, 1.807) is 0 Å². The first-order valence-electron chi connectivity index (χ1n) is 7.66. The van der Waals surface area contributed by atoms with Gasteiger partial charge in [0, 0.05) is 21.2 Å². The van der Waals surface area contributed by atoms with Gasteiger partial charge in [-0.25, -0.2) is 9.18 Å². The Morgan fingerprint density at radius 3 is 2.32 bits per heavy atom. The van der Waals surface area contributed by atoms with Crippen LogP contribution in [-0.4, -0.2) is 19.3 Å². The van der Waals surface area contributed by atoms with Gasteiger partial charge in [-0.1, -0.05) is 29.3 Å². The molecule has 2 aromatic rings. The number of benzene rings is 2. The van der Waals surface area contributed by atoms with Gasteiger partial charge in [0.25, 0.3) is 0 Å². The minimum absolute atomic E-state index is 0.00921. The molecule has 10 heteroatoms. The van der Waals surface area contributed by atoms with Crippen LogP contribution in [0.4, 0.5) is 17.6 Å². The van der Waals surface area contributed by atoms with Crippen LogP contribution in [-0.2, 0) is 15.2 Å². The summed E-state index contributed by atoms with van der Waals surface area (Å²) < 4.78 is 60.3. The van der Waals surface area contributed by atoms with Crippen molar-refractivity contribution in [3.05, 3.63) is 75.0 Å². The van der Waals surface area contributed by atoms with Gasteiger partial charge in [-0.3, -0.25) is 10.3 Å². The molecule has 0 saturated carbocycles. The fourth-order valence-electron chi connectivity index (χ4n) is 2.71. The normalized spacial score (nSPS) is 19.2. The largest absolute Gasteiger partial charge is 0.465 e. The molecular weight excluding hydrogens is 425 g/mol. The highest BCUT2D eigenvalue weighted by Gasteiger charge is 2.59. The first kappa shape index (κ1) is 20.4. The van der Waals surface area contributed by atoms with Crippen molar-refractivity contribution in [3.63, 3.8) is 0 Å². The third kappa shape index (κ3) is 3.55. The molecule has 0 saturated heterocycles. The summed E-state index contributed by atoms with van der Waals surface area (Å²) in [4.78, 5) is 16.4. The first-order valence-corrected chi connectivity index (χ1v) is 8.41. The van der Waals surface area contributed by atoms with Gasteiger partial charge in [-0.2, -0.15) is 13.2 Å². The lowest BCUT2D eigenvalue weighted by molar-refractivity contribution is -0.269. The van der Waals surface area contributed by atoms with E-state index < -0.39 is 23.6 Å². The van der Waals surface area contributed by atoms with Crippen LogP contribution < -0.4 is 5.48 Å². The molecule has 1 unspecified atom stereocenters. The van der Waals surface area contributed by atoms with Crippen molar-refractivity contribution < 1.29 is 31.9 Å². The predicted molar refractivity (Wildman–Crippen MR) is 94.1 cm³/mol. The summed E-state index contributed by atoms with van der Waals surface area (Å²) >= 11 is 11.7. The molecule has 0 aromatic heterocycles. The first-order chi connectivity index (χ1) is 13.1. The molecule has 1 N–H and O–H groups in total. The summed E-state index contributed by atoms with van der Waals surface area (Å²) in [6.07, 6.45) is -4.14. The fourth-order valence-corrected chi connectivity index (χ4v) is 3.24. The lowest BCUT2D eigenvalue weighted by Crippen LogP contribution is -2.42. The molecule has 0 amide bonds. The third-order valence-electron chi connectivity index (χ3n) is 4.07. The summed E-state index contributed by atoms with van der Waals surface area (Å²) in [6.45, 7) is 0. The third-order valence-corrected chi connectivity index (χ3v) is 4.50. The number of ether oxygens (including phenoxy) is 1. The number of carbonyl (C=O) groups is 1. The second kappa shape index (κ2) is 7.27. The van der Waals surface area contributed by atoms with E-state index in [4.69, 9.17) is 28.0 Å². The van der Waals surface area contributed by atoms with Gasteiger partial charge in [0.05, 0.1) is 18.4 Å². The Balaban J connectivity index is 2.10. The van der Waals surface area contributed by atoms with Gasteiger partial charge in [-0.05, 0) is 36.4 Å². The highest BCUT2D eigenvalue weighted by molar-refractivity contribution is 6.34. The maximum Gasteiger partial charge on any atom is 0.428 e. The van der Waals surface area contributed by atoms with Crippen LogP contribution in [0.3, 0.4) is 0 Å². The Labute approximate surface area is 166 Å². The number of carbonyl (C=O) groups excluding carboxylic acids is 1. The SMILES string of the molecule is COC(=O)c1ccc(C2=CC(c3cc(Cl)cc(Cl)c3)(C(F)(F)F)ON2)cc1F. The topological polar surface area (TPSA) is 47.6 Å². The quantitative estimate of drug-likeness (QED) is 0.528. The summed E-state index contributed by atoms with van der Waals surface area (Å²) in [6, 6.07) is 6.68. The van der Waals surface area contributed by atoms with Gasteiger partial charge >= 0.3 is 12.1 Å². The van der Waals surface area contributed by atoms with Gasteiger partial charge in [0.1, 0.15) is 5.82 Å². The van der Waals surface area contributed by atoms with Crippen molar-refractivity contribution >= 4 is 34.9 Å². The minimum Gasteiger partial charge on any atom is -0.465 e. The highest BCUT2D eigenvalue weighted by Crippen LogP contribution is 2.48. The summed E-state index contributed by atoms with van der Waals surface area (Å²) in [5.74, 6) is -1.87. The van der Waals surface area contributed by atoms with Gasteiger partial charge < -0.3 is 4.74 Å². The average molecular weight is 436 g/mol. The molecule has 4 nitrogen and oxygen atoms in total. The van der Waals surface area contributed by atoms with Crippen molar-refractivity contribution in [2.24, 2.45) is 0 Å². The van der Waals surface area contributed by atoms with E-state index in [1.165, 1.54) is 12.1 Å². The molecule has 1 aliphatic rings. The summed E-state index contributed by atoms with van der Waals surface area (Å²) in [5, 5.41) is -0.0184. The molecular formula is C18H11Cl2F4NO3. The Morgan fingerprint density at radius 2 is 1.79 bits per heavy atom. The predicted octanol–water partition coefficient (Wildman–Crippen LogP) is 5.25. The lowest BCUT2D eigenvalue weighted by atomic mass is 9.91. The zero-order valence-electron chi connectivity index (χ0n) is 14.0. The van der Waals surface area contributed by atoms with E-state index in [9.17, 15) is 22.4 Å². The zero-order valence-corrected chi connectivity index (χ0v) is 15.5. The number of esters is 1. The molecule has 0 bridgehead atoms. The number of rotatable bonds is 3. The molecule has 0 radical (unpaired) electrons. The molecule has 28 heavy (non-hydrogen) atoms. The Morgan fingerprint density at radius 1 is 1.14 bits per heavy atom. The standard InChI is InChI=1S/C18H11Cl2F4NO3/c1-27-16(26)13-3-2-9(4-14(13)21)15-8-17(28-25-15,18(22,23)24)10-5-11(19)7-12(20)6-10/h2-8,25H,1H3. The monoisotopic (exact) mass is 435 g/mol. The van der Waals surface area contributed by atoms with Crippen LogP contribution in [0.5, 0.6) is 0 Å². The highest BCUT2D eigenvalue weighted by atomic mass is 35.5. The van der Waals surface area contributed by atoms with Crippen LogP contribution in [0.2, 0.25) is 10.0 Å². The van der Waals surface area contributed by atoms with Crippen LogP contribution in [0.1, 0.15) is 21.5 Å². The van der Waals surface area contributed by atoms with E-state index in [0.717, 1.165) is 37.5 Å². The maximum absolute atomic E-state index is 14.1. The molecule has 1 heterocycles. The van der Waals surface area contributed by atoms with Gasteiger partial charge in [0.15, 0.2) is 0 Å². The number of halogens is 6. The van der Waals surface area contributed by atoms with Crippen LogP contribution in [0.15, 0.2) is 42.5 Å². The van der Waals surface area contributed by atoms with Crippen LogP contribution in [0, 0.1) is 5.82 Å². The Bertz CT molecular complexity index is 958. The van der Waals surface area contributed by atoms with E-state index in [1.807, 2.05) is 0 Å². The van der Waals surface area contributed by atoms with E-state index in [2.05, 4.69) is 10.2 Å². The Kier molecular flexibility index (Phi) is 5.31. The number of methoxy groups -OCH3 is 1. The number of hydrogen-bond donors (Lipinski definition) is 1.